The number of hydrogen-bond acceptors (Lipinski definition) is 3. The number of nitrogens with one attached hydrogen (secondary N) is 1. The van der Waals surface area contributed by atoms with Crippen LogP contribution in [0.1, 0.15) is 31.2 Å². The first-order valence-corrected chi connectivity index (χ1v) is 6.90. The Morgan fingerprint density at radius 3 is 3.00 bits per heavy atom. The van der Waals surface area contributed by atoms with Crippen LogP contribution >= 0.6 is 12.2 Å². The van der Waals surface area contributed by atoms with Gasteiger partial charge in [-0.05, 0) is 49.4 Å². The quantitative estimate of drug-likeness (QED) is 0.619. The summed E-state index contributed by atoms with van der Waals surface area (Å²) in [4.78, 5) is 11.8. The Bertz CT molecular complexity index is 488. The summed E-state index contributed by atoms with van der Waals surface area (Å²) >= 11 is 4.82. The minimum absolute atomic E-state index is 0.0823. The van der Waals surface area contributed by atoms with E-state index in [1.807, 2.05) is 18.2 Å². The van der Waals surface area contributed by atoms with Crippen LogP contribution in [0.15, 0.2) is 18.2 Å². The molecule has 0 spiro atoms. The predicted molar refractivity (Wildman–Crippen MR) is 79.5 cm³/mol. The summed E-state index contributed by atoms with van der Waals surface area (Å²) in [7, 11) is 0. The van der Waals surface area contributed by atoms with E-state index in [1.165, 1.54) is 0 Å². The monoisotopic (exact) mass is 278 g/mol. The lowest BCUT2D eigenvalue weighted by atomic mass is 10.0. The molecule has 1 aromatic rings. The summed E-state index contributed by atoms with van der Waals surface area (Å²) in [5.41, 5.74) is 7.47. The molecular formula is C14H18N2O2S. The van der Waals surface area contributed by atoms with Gasteiger partial charge in [-0.2, -0.15) is 0 Å². The van der Waals surface area contributed by atoms with Gasteiger partial charge in [0.15, 0.2) is 0 Å². The van der Waals surface area contributed by atoms with Crippen LogP contribution in [0.4, 0.5) is 5.69 Å². The molecule has 0 saturated heterocycles. The van der Waals surface area contributed by atoms with Crippen molar-refractivity contribution in [1.82, 2.24) is 0 Å². The molecule has 0 bridgehead atoms. The van der Waals surface area contributed by atoms with Gasteiger partial charge in [-0.3, -0.25) is 4.79 Å². The fourth-order valence-electron chi connectivity index (χ4n) is 2.04. The second-order valence-electron chi connectivity index (χ2n) is 4.64. The Labute approximate surface area is 118 Å². The predicted octanol–water partition coefficient (Wildman–Crippen LogP) is 2.41. The molecule has 0 fully saturated rings. The molecule has 19 heavy (non-hydrogen) atoms. The lowest BCUT2D eigenvalue weighted by Gasteiger charge is -2.17. The molecule has 102 valence electrons. The Morgan fingerprint density at radius 2 is 2.21 bits per heavy atom. The van der Waals surface area contributed by atoms with Crippen molar-refractivity contribution >= 4 is 28.8 Å². The highest BCUT2D eigenvalue weighted by Gasteiger charge is 2.14. The molecule has 3 N–H and O–H groups in total. The van der Waals surface area contributed by atoms with Crippen LogP contribution < -0.4 is 15.8 Å². The highest BCUT2D eigenvalue weighted by Crippen LogP contribution is 2.26. The zero-order chi connectivity index (χ0) is 13.7. The molecule has 1 aliphatic heterocycles. The van der Waals surface area contributed by atoms with Gasteiger partial charge in [0.25, 0.3) is 0 Å². The number of hydrogen-bond donors (Lipinski definition) is 2. The van der Waals surface area contributed by atoms with Crippen molar-refractivity contribution in [2.75, 3.05) is 11.9 Å². The molecule has 0 radical (unpaired) electrons. The zero-order valence-electron chi connectivity index (χ0n) is 10.8. The van der Waals surface area contributed by atoms with E-state index in [2.05, 4.69) is 5.32 Å². The number of anilines is 1. The van der Waals surface area contributed by atoms with Gasteiger partial charge in [0.2, 0.25) is 5.91 Å². The van der Waals surface area contributed by atoms with Gasteiger partial charge in [0, 0.05) is 12.1 Å². The molecular weight excluding hydrogens is 260 g/mol. The van der Waals surface area contributed by atoms with E-state index in [1.54, 1.807) is 0 Å². The van der Waals surface area contributed by atoms with Crippen molar-refractivity contribution in [2.45, 2.75) is 32.1 Å². The minimum atomic E-state index is 0.0823. The van der Waals surface area contributed by atoms with Gasteiger partial charge in [0.1, 0.15) is 5.75 Å². The number of carbonyl (C=O) groups is 1. The van der Waals surface area contributed by atoms with E-state index in [0.29, 0.717) is 18.0 Å². The fourth-order valence-corrected chi connectivity index (χ4v) is 2.19. The van der Waals surface area contributed by atoms with E-state index in [4.69, 9.17) is 22.7 Å². The zero-order valence-corrected chi connectivity index (χ0v) is 11.6. The second kappa shape index (κ2) is 6.52. The number of carbonyl (C=O) groups excluding carboxylic acids is 1. The largest absolute Gasteiger partial charge is 0.494 e. The van der Waals surface area contributed by atoms with Crippen molar-refractivity contribution in [1.29, 1.82) is 0 Å². The summed E-state index contributed by atoms with van der Waals surface area (Å²) in [6, 6.07) is 5.79. The lowest BCUT2D eigenvalue weighted by Crippen LogP contribution is -2.18. The van der Waals surface area contributed by atoms with Gasteiger partial charge in [-0.1, -0.05) is 12.2 Å². The molecule has 1 amide bonds. The first-order chi connectivity index (χ1) is 9.15. The lowest BCUT2D eigenvalue weighted by molar-refractivity contribution is -0.116. The third kappa shape index (κ3) is 4.21. The molecule has 1 aromatic carbocycles. The second-order valence-corrected chi connectivity index (χ2v) is 5.16. The van der Waals surface area contributed by atoms with Crippen LogP contribution in [-0.2, 0) is 11.2 Å². The first kappa shape index (κ1) is 13.8. The molecule has 0 aromatic heterocycles. The smallest absolute Gasteiger partial charge is 0.224 e. The summed E-state index contributed by atoms with van der Waals surface area (Å²) in [5, 5.41) is 2.85. The molecule has 4 nitrogen and oxygen atoms in total. The molecule has 0 atom stereocenters. The van der Waals surface area contributed by atoms with E-state index in [0.717, 1.165) is 42.7 Å². The average molecular weight is 278 g/mol. The third-order valence-electron chi connectivity index (χ3n) is 3.06. The van der Waals surface area contributed by atoms with E-state index in [9.17, 15) is 4.79 Å². The maximum atomic E-state index is 11.2. The summed E-state index contributed by atoms with van der Waals surface area (Å²) in [6.07, 6.45) is 3.99. The van der Waals surface area contributed by atoms with Crippen molar-refractivity contribution in [3.63, 3.8) is 0 Å². The number of rotatable bonds is 6. The number of fused-ring (bicyclic) bond motifs is 1. The standard InChI is InChI=1S/C14H18N2O2S/c15-13(19)3-1-2-8-18-11-5-6-12-10(9-11)4-7-14(17)16-12/h5-6,9H,1-4,7-8H2,(H2,15,19)(H,16,17). The average Bonchev–Trinajstić information content (AvgIpc) is 2.38. The topological polar surface area (TPSA) is 64.3 Å². The van der Waals surface area contributed by atoms with Crippen LogP contribution in [0.3, 0.4) is 0 Å². The highest BCUT2D eigenvalue weighted by atomic mass is 32.1. The van der Waals surface area contributed by atoms with Crippen LogP contribution in [0.2, 0.25) is 0 Å². The third-order valence-corrected chi connectivity index (χ3v) is 3.26. The van der Waals surface area contributed by atoms with Gasteiger partial charge in [0.05, 0.1) is 11.6 Å². The number of benzene rings is 1. The SMILES string of the molecule is NC(=S)CCCCOc1ccc2c(c1)CCC(=O)N2. The van der Waals surface area contributed by atoms with E-state index >= 15 is 0 Å². The van der Waals surface area contributed by atoms with Gasteiger partial charge in [-0.15, -0.1) is 0 Å². The Balaban J connectivity index is 1.82. The molecule has 0 unspecified atom stereocenters. The van der Waals surface area contributed by atoms with Gasteiger partial charge in [-0.25, -0.2) is 0 Å². The van der Waals surface area contributed by atoms with Crippen LogP contribution in [0.5, 0.6) is 5.75 Å². The first-order valence-electron chi connectivity index (χ1n) is 6.49. The van der Waals surface area contributed by atoms with Crippen molar-refractivity contribution in [2.24, 2.45) is 5.73 Å². The van der Waals surface area contributed by atoms with Crippen molar-refractivity contribution < 1.29 is 9.53 Å². The maximum Gasteiger partial charge on any atom is 0.224 e. The molecule has 5 heteroatoms. The fraction of sp³-hybridized carbons (Fsp3) is 0.429. The molecule has 1 heterocycles. The van der Waals surface area contributed by atoms with Crippen LogP contribution in [0, 0.1) is 0 Å². The number of nitrogens with two attached hydrogens (primary N) is 1. The highest BCUT2D eigenvalue weighted by molar-refractivity contribution is 7.80. The van der Waals surface area contributed by atoms with Crippen LogP contribution in [-0.4, -0.2) is 17.5 Å². The Morgan fingerprint density at radius 1 is 1.37 bits per heavy atom. The normalized spacial score (nSPS) is 13.6. The molecule has 2 rings (SSSR count). The number of aryl methyl sites for hydroxylation is 1. The summed E-state index contributed by atoms with van der Waals surface area (Å²) in [6.45, 7) is 0.660. The summed E-state index contributed by atoms with van der Waals surface area (Å²) in [5.74, 6) is 0.934. The van der Waals surface area contributed by atoms with Gasteiger partial charge < -0.3 is 15.8 Å². The Kier molecular flexibility index (Phi) is 4.74. The summed E-state index contributed by atoms with van der Waals surface area (Å²) < 4.78 is 5.68. The van der Waals surface area contributed by atoms with Crippen molar-refractivity contribution in [3.05, 3.63) is 23.8 Å². The number of unbranched alkanes of at least 4 members (excludes halogenated alkanes) is 1. The molecule has 1 aliphatic rings. The minimum Gasteiger partial charge on any atom is -0.494 e. The van der Waals surface area contributed by atoms with E-state index in [-0.39, 0.29) is 5.91 Å². The van der Waals surface area contributed by atoms with E-state index < -0.39 is 0 Å². The number of thiocarbonyl (C=S) groups is 1. The number of ether oxygens (including phenoxy) is 1. The maximum absolute atomic E-state index is 11.2. The van der Waals surface area contributed by atoms with Gasteiger partial charge >= 0.3 is 0 Å². The molecule has 0 saturated carbocycles. The van der Waals surface area contributed by atoms with Crippen LogP contribution in [0.25, 0.3) is 0 Å². The molecule has 0 aliphatic carbocycles. The Hall–Kier alpha value is -1.62. The van der Waals surface area contributed by atoms with Crippen molar-refractivity contribution in [3.8, 4) is 5.75 Å². The number of amides is 1.